The van der Waals surface area contributed by atoms with E-state index in [9.17, 15) is 0 Å². The molecule has 2 heterocycles. The topological polar surface area (TPSA) is 25.2 Å². The Morgan fingerprint density at radius 3 is 2.72 bits per heavy atom. The van der Waals surface area contributed by atoms with Gasteiger partial charge in [0.1, 0.15) is 5.76 Å². The second-order valence-corrected chi connectivity index (χ2v) is 6.17. The molecule has 0 fully saturated rings. The van der Waals surface area contributed by atoms with Gasteiger partial charge in [-0.05, 0) is 30.0 Å². The van der Waals surface area contributed by atoms with Gasteiger partial charge in [-0.15, -0.1) is 11.3 Å². The smallest absolute Gasteiger partial charge is 0.120 e. The highest BCUT2D eigenvalue weighted by molar-refractivity contribution is 7.10. The van der Waals surface area contributed by atoms with Crippen molar-refractivity contribution in [3.8, 4) is 0 Å². The summed E-state index contributed by atoms with van der Waals surface area (Å²) >= 11 is 1.82. The van der Waals surface area contributed by atoms with E-state index in [0.29, 0.717) is 6.04 Å². The van der Waals surface area contributed by atoms with E-state index in [1.807, 2.05) is 23.5 Å². The summed E-state index contributed by atoms with van der Waals surface area (Å²) in [6.07, 6.45) is 2.78. The first kappa shape index (κ1) is 13.4. The van der Waals surface area contributed by atoms with Gasteiger partial charge in [0.2, 0.25) is 0 Å². The SMILES string of the molecule is CCC(NCC(C)(C)c1cccs1)c1ccco1. The van der Waals surface area contributed by atoms with Crippen molar-refractivity contribution >= 4 is 11.3 Å². The first-order valence-electron chi connectivity index (χ1n) is 6.44. The Labute approximate surface area is 113 Å². The Kier molecular flexibility index (Phi) is 4.25. The molecule has 2 nitrogen and oxygen atoms in total. The van der Waals surface area contributed by atoms with Gasteiger partial charge in [-0.25, -0.2) is 0 Å². The number of furan rings is 1. The van der Waals surface area contributed by atoms with Crippen LogP contribution in [0.4, 0.5) is 0 Å². The summed E-state index contributed by atoms with van der Waals surface area (Å²) in [4.78, 5) is 1.42. The highest BCUT2D eigenvalue weighted by atomic mass is 32.1. The van der Waals surface area contributed by atoms with Crippen LogP contribution < -0.4 is 5.32 Å². The van der Waals surface area contributed by atoms with E-state index >= 15 is 0 Å². The monoisotopic (exact) mass is 263 g/mol. The minimum absolute atomic E-state index is 0.161. The maximum absolute atomic E-state index is 5.48. The van der Waals surface area contributed by atoms with Crippen LogP contribution in [-0.4, -0.2) is 6.54 Å². The van der Waals surface area contributed by atoms with Crippen LogP contribution in [0.3, 0.4) is 0 Å². The zero-order valence-electron chi connectivity index (χ0n) is 11.3. The van der Waals surface area contributed by atoms with Crippen LogP contribution in [0.2, 0.25) is 0 Å². The second-order valence-electron chi connectivity index (χ2n) is 5.22. The molecule has 98 valence electrons. The van der Waals surface area contributed by atoms with E-state index in [1.165, 1.54) is 4.88 Å². The van der Waals surface area contributed by atoms with Crippen molar-refractivity contribution in [3.63, 3.8) is 0 Å². The Bertz CT molecular complexity index is 445. The van der Waals surface area contributed by atoms with Gasteiger partial charge in [-0.2, -0.15) is 0 Å². The summed E-state index contributed by atoms with van der Waals surface area (Å²) in [6.45, 7) is 7.69. The van der Waals surface area contributed by atoms with E-state index in [-0.39, 0.29) is 5.41 Å². The molecule has 0 radical (unpaired) electrons. The molecule has 0 saturated carbocycles. The molecule has 0 aromatic carbocycles. The van der Waals surface area contributed by atoms with Crippen molar-refractivity contribution in [1.82, 2.24) is 5.32 Å². The lowest BCUT2D eigenvalue weighted by molar-refractivity contribution is 0.368. The lowest BCUT2D eigenvalue weighted by Gasteiger charge is -2.26. The third-order valence-corrected chi connectivity index (χ3v) is 4.51. The van der Waals surface area contributed by atoms with Gasteiger partial charge in [-0.3, -0.25) is 0 Å². The molecular weight excluding hydrogens is 242 g/mol. The Morgan fingerprint density at radius 1 is 1.33 bits per heavy atom. The number of thiophene rings is 1. The molecule has 0 spiro atoms. The van der Waals surface area contributed by atoms with E-state index in [1.54, 1.807) is 6.26 Å². The Morgan fingerprint density at radius 2 is 2.17 bits per heavy atom. The van der Waals surface area contributed by atoms with E-state index in [0.717, 1.165) is 18.7 Å². The summed E-state index contributed by atoms with van der Waals surface area (Å²) in [5.74, 6) is 1.03. The maximum Gasteiger partial charge on any atom is 0.120 e. The number of nitrogens with one attached hydrogen (secondary N) is 1. The largest absolute Gasteiger partial charge is 0.468 e. The molecule has 2 aromatic rings. The van der Waals surface area contributed by atoms with Crippen molar-refractivity contribution in [3.05, 3.63) is 46.5 Å². The van der Waals surface area contributed by atoms with Gasteiger partial charge in [0, 0.05) is 16.8 Å². The summed E-state index contributed by atoms with van der Waals surface area (Å²) in [7, 11) is 0. The van der Waals surface area contributed by atoms with Gasteiger partial charge in [-0.1, -0.05) is 26.8 Å². The predicted molar refractivity (Wildman–Crippen MR) is 77.1 cm³/mol. The zero-order valence-corrected chi connectivity index (χ0v) is 12.1. The summed E-state index contributed by atoms with van der Waals surface area (Å²) < 4.78 is 5.48. The van der Waals surface area contributed by atoms with Gasteiger partial charge in [0.05, 0.1) is 12.3 Å². The van der Waals surface area contributed by atoms with Crippen molar-refractivity contribution in [2.45, 2.75) is 38.6 Å². The molecule has 0 aliphatic carbocycles. The molecule has 0 aliphatic heterocycles. The fourth-order valence-corrected chi connectivity index (χ4v) is 2.92. The Balaban J connectivity index is 1.98. The average molecular weight is 263 g/mol. The number of hydrogen-bond acceptors (Lipinski definition) is 3. The molecule has 3 heteroatoms. The van der Waals surface area contributed by atoms with Crippen molar-refractivity contribution in [2.75, 3.05) is 6.54 Å². The molecule has 2 rings (SSSR count). The lowest BCUT2D eigenvalue weighted by Crippen LogP contribution is -2.34. The maximum atomic E-state index is 5.48. The third kappa shape index (κ3) is 3.03. The van der Waals surface area contributed by atoms with E-state index in [2.05, 4.69) is 43.6 Å². The lowest BCUT2D eigenvalue weighted by atomic mass is 9.91. The van der Waals surface area contributed by atoms with E-state index < -0.39 is 0 Å². The summed E-state index contributed by atoms with van der Waals surface area (Å²) in [5.41, 5.74) is 0.161. The summed E-state index contributed by atoms with van der Waals surface area (Å²) in [6, 6.07) is 8.62. The highest BCUT2D eigenvalue weighted by Crippen LogP contribution is 2.28. The van der Waals surface area contributed by atoms with Crippen LogP contribution in [0, 0.1) is 0 Å². The van der Waals surface area contributed by atoms with Crippen LogP contribution >= 0.6 is 11.3 Å². The standard InChI is InChI=1S/C15H21NOS/c1-4-12(13-7-5-9-17-13)16-11-15(2,3)14-8-6-10-18-14/h5-10,12,16H,4,11H2,1-3H3. The number of rotatable bonds is 6. The first-order valence-corrected chi connectivity index (χ1v) is 7.32. The van der Waals surface area contributed by atoms with Crippen molar-refractivity contribution in [1.29, 1.82) is 0 Å². The summed E-state index contributed by atoms with van der Waals surface area (Å²) in [5, 5.41) is 5.75. The van der Waals surface area contributed by atoms with E-state index in [4.69, 9.17) is 4.42 Å². The van der Waals surface area contributed by atoms with Crippen LogP contribution in [0.5, 0.6) is 0 Å². The Hall–Kier alpha value is -1.06. The molecule has 1 N–H and O–H groups in total. The molecule has 0 bridgehead atoms. The second kappa shape index (κ2) is 5.72. The molecule has 0 aliphatic rings. The molecule has 0 amide bonds. The average Bonchev–Trinajstić information content (AvgIpc) is 3.03. The van der Waals surface area contributed by atoms with Crippen molar-refractivity contribution < 1.29 is 4.42 Å². The molecule has 2 aromatic heterocycles. The molecule has 1 unspecified atom stereocenters. The van der Waals surface area contributed by atoms with Crippen LogP contribution in [0.25, 0.3) is 0 Å². The fraction of sp³-hybridized carbons (Fsp3) is 0.467. The van der Waals surface area contributed by atoms with Gasteiger partial charge in [0.15, 0.2) is 0 Å². The van der Waals surface area contributed by atoms with Crippen LogP contribution in [0.15, 0.2) is 40.3 Å². The van der Waals surface area contributed by atoms with Gasteiger partial charge < -0.3 is 9.73 Å². The minimum Gasteiger partial charge on any atom is -0.468 e. The first-order chi connectivity index (χ1) is 8.63. The van der Waals surface area contributed by atoms with Crippen LogP contribution in [-0.2, 0) is 5.41 Å². The molecule has 1 atom stereocenters. The normalized spacial score (nSPS) is 13.7. The minimum atomic E-state index is 0.161. The number of hydrogen-bond donors (Lipinski definition) is 1. The zero-order chi connectivity index (χ0) is 13.0. The molecule has 0 saturated heterocycles. The van der Waals surface area contributed by atoms with Crippen molar-refractivity contribution in [2.24, 2.45) is 0 Å². The van der Waals surface area contributed by atoms with Crippen LogP contribution in [0.1, 0.15) is 43.9 Å². The fourth-order valence-electron chi connectivity index (χ4n) is 2.06. The highest BCUT2D eigenvalue weighted by Gasteiger charge is 2.23. The molecular formula is C15H21NOS. The predicted octanol–water partition coefficient (Wildman–Crippen LogP) is 4.36. The molecule has 18 heavy (non-hydrogen) atoms. The third-order valence-electron chi connectivity index (χ3n) is 3.27. The quantitative estimate of drug-likeness (QED) is 0.837. The van der Waals surface area contributed by atoms with Gasteiger partial charge >= 0.3 is 0 Å². The van der Waals surface area contributed by atoms with Gasteiger partial charge in [0.25, 0.3) is 0 Å².